The third kappa shape index (κ3) is 25.4. The molecule has 0 atom stereocenters. The number of nitro benzene ring substituents is 3. The summed E-state index contributed by atoms with van der Waals surface area (Å²) in [7, 11) is -4.69. The van der Waals surface area contributed by atoms with Gasteiger partial charge in [0.25, 0.3) is 0 Å². The third-order valence-electron chi connectivity index (χ3n) is 5.11. The zero-order valence-corrected chi connectivity index (χ0v) is 35.7. The Bertz CT molecular complexity index is 1290. The van der Waals surface area contributed by atoms with Crippen molar-refractivity contribution in [1.29, 1.82) is 0 Å². The number of nitro groups is 3. The molecule has 0 amide bonds. The molecule has 291 valence electrons. The van der Waals surface area contributed by atoms with E-state index in [1.165, 1.54) is 72.8 Å². The van der Waals surface area contributed by atoms with E-state index in [9.17, 15) is 35.4 Å². The minimum Gasteiger partial charge on any atom is -0.399 e. The Balaban J connectivity index is 0. The first-order valence-electron chi connectivity index (χ1n) is 16.3. The number of hydrogen-bond acceptors (Lipinski definition) is 13. The normalized spacial score (nSPS) is 11.3. The van der Waals surface area contributed by atoms with Gasteiger partial charge in [-0.3, -0.25) is 34.8 Å². The van der Waals surface area contributed by atoms with Gasteiger partial charge in [0.05, 0.1) is 12.2 Å². The fourth-order valence-corrected chi connectivity index (χ4v) is 8.00. The Morgan fingerprint density at radius 1 is 0.604 bits per heavy atom. The molecule has 0 fully saturated rings. The van der Waals surface area contributed by atoms with E-state index in [2.05, 4.69) is 32.0 Å². The molecule has 3 rings (SSSR count). The van der Waals surface area contributed by atoms with E-state index in [0.29, 0.717) is 5.54 Å². The molecule has 0 saturated heterocycles. The molecular weight excluding hydrogens is 762 g/mol. The van der Waals surface area contributed by atoms with Crippen LogP contribution in [0.4, 0.5) is 17.1 Å². The van der Waals surface area contributed by atoms with Crippen LogP contribution < -0.4 is 0 Å². The van der Waals surface area contributed by atoms with Crippen molar-refractivity contribution in [3.63, 3.8) is 0 Å². The van der Waals surface area contributed by atoms with Crippen molar-refractivity contribution in [3.8, 4) is 0 Å². The average Bonchev–Trinajstić information content (AvgIpc) is 3.04. The second-order valence-electron chi connectivity index (χ2n) is 12.0. The largest absolute Gasteiger partial charge is 3.00 e. The number of ether oxygens (including phenoxy) is 2. The zero-order valence-electron chi connectivity index (χ0n) is 31.7. The molecule has 19 heteroatoms. The van der Waals surface area contributed by atoms with Gasteiger partial charge < -0.3 is 27.5 Å². The smallest absolute Gasteiger partial charge is 0.399 e. The molecular formula is C34H50N3O13Si2Ti. The molecule has 0 unspecified atom stereocenters. The molecule has 1 radical (unpaired) electrons. The van der Waals surface area contributed by atoms with E-state index >= 15 is 0 Å². The summed E-state index contributed by atoms with van der Waals surface area (Å²) in [5.41, 5.74) is 0.684. The zero-order chi connectivity index (χ0) is 39.9. The van der Waals surface area contributed by atoms with Gasteiger partial charge in [0.15, 0.2) is 26.8 Å². The minimum atomic E-state index is -3.69. The molecule has 0 spiro atoms. The van der Waals surface area contributed by atoms with E-state index < -0.39 is 39.7 Å². The molecule has 0 aliphatic heterocycles. The summed E-state index contributed by atoms with van der Waals surface area (Å²) in [5.74, 6) is 0. The predicted octanol–water partition coefficient (Wildman–Crippen LogP) is 6.85. The quantitative estimate of drug-likeness (QED) is 0.0517. The van der Waals surface area contributed by atoms with Crippen LogP contribution in [0.3, 0.4) is 0 Å². The predicted molar refractivity (Wildman–Crippen MR) is 197 cm³/mol. The Morgan fingerprint density at radius 2 is 0.887 bits per heavy atom. The molecule has 0 bridgehead atoms. The summed E-state index contributed by atoms with van der Waals surface area (Å²) in [6, 6.07) is 25.5. The van der Waals surface area contributed by atoms with Crippen LogP contribution in [-0.2, 0) is 48.6 Å². The number of aliphatic hydroxyl groups is 1. The van der Waals surface area contributed by atoms with E-state index in [1.807, 2.05) is 27.7 Å². The summed E-state index contributed by atoms with van der Waals surface area (Å²) in [4.78, 5) is 28.7. The van der Waals surface area contributed by atoms with Gasteiger partial charge in [-0.05, 0) is 60.9 Å². The van der Waals surface area contributed by atoms with Gasteiger partial charge in [-0.25, -0.2) is 0 Å². The van der Waals surface area contributed by atoms with Crippen LogP contribution in [0.1, 0.15) is 69.2 Å². The first-order valence-corrected chi connectivity index (χ1v) is 19.3. The first-order chi connectivity index (χ1) is 24.2. The van der Waals surface area contributed by atoms with Gasteiger partial charge in [-0.1, -0.05) is 50.2 Å². The van der Waals surface area contributed by atoms with Crippen LogP contribution >= 0.6 is 0 Å². The second-order valence-corrected chi connectivity index (χ2v) is 16.8. The summed E-state index contributed by atoms with van der Waals surface area (Å²) in [6.45, 7) is 18.7. The van der Waals surface area contributed by atoms with Gasteiger partial charge in [0, 0.05) is 27.0 Å². The molecule has 0 saturated carbocycles. The molecule has 3 aromatic carbocycles. The van der Waals surface area contributed by atoms with Crippen molar-refractivity contribution in [1.82, 2.24) is 0 Å². The van der Waals surface area contributed by atoms with Gasteiger partial charge >= 0.3 is 36.9 Å². The van der Waals surface area contributed by atoms with Crippen LogP contribution in [0.2, 0.25) is 5.54 Å². The Morgan fingerprint density at radius 3 is 1.08 bits per heavy atom. The topological polar surface area (TPSA) is 205 Å². The van der Waals surface area contributed by atoms with E-state index in [4.69, 9.17) is 26.9 Å². The van der Waals surface area contributed by atoms with Gasteiger partial charge in [0.1, 0.15) is 0 Å². The molecule has 16 nitrogen and oxygen atoms in total. The molecule has 0 heterocycles. The van der Waals surface area contributed by atoms with Gasteiger partial charge in [0.2, 0.25) is 0 Å². The van der Waals surface area contributed by atoms with Crippen LogP contribution in [0.15, 0.2) is 72.8 Å². The Hall–Kier alpha value is -3.27. The van der Waals surface area contributed by atoms with Crippen LogP contribution in [0, 0.1) is 48.5 Å². The van der Waals surface area contributed by atoms with Gasteiger partial charge in [-0.2, -0.15) is 54.6 Å². The maximum Gasteiger partial charge on any atom is 3.00 e. The number of nitrogens with zero attached hydrogens (tertiary/aromatic N) is 3. The standard InChI is InChI=1S/C16H38O7Si2.3C6H4NO2.Ti/c1-11(2)18-16(17,19-12(3)4)22-25(20-13(5)6,21-14(7)8)23-24-15(9)10;3*8-7(9)6-4-2-1-3-5-6;/h11-15,17H,24H2,1-10H3;3*2-5H;/q;3*-1;+3. The fraction of sp³-hybridized carbons (Fsp3) is 0.471. The maximum atomic E-state index is 10.8. The van der Waals surface area contributed by atoms with E-state index in [1.54, 1.807) is 27.7 Å². The van der Waals surface area contributed by atoms with Crippen molar-refractivity contribution in [2.45, 2.75) is 105 Å². The molecule has 0 aliphatic carbocycles. The van der Waals surface area contributed by atoms with Crippen LogP contribution in [0.5, 0.6) is 0 Å². The first kappa shape index (κ1) is 51.8. The van der Waals surface area contributed by atoms with Crippen LogP contribution in [-0.4, -0.2) is 69.3 Å². The van der Waals surface area contributed by atoms with Crippen molar-refractivity contribution < 1.29 is 68.5 Å². The summed E-state index contributed by atoms with van der Waals surface area (Å²) >= 11 is 0. The Kier molecular flexibility index (Phi) is 26.7. The number of hydrogen-bond donors (Lipinski definition) is 1. The SMILES string of the molecule is CC(C)OC(O)(OC(C)C)O[Si](O[SiH2]C(C)C)(OC(C)C)OC(C)C.O=[N+]([O-])c1cc[c-]cc1.O=[N+]([O-])c1cc[c-]cc1.O=[N+]([O-])c1cc[c-]cc1.[Ti+3]. The van der Waals surface area contributed by atoms with Crippen LogP contribution in [0.25, 0.3) is 0 Å². The summed E-state index contributed by atoms with van der Waals surface area (Å²) < 4.78 is 34.8. The molecule has 3 aromatic rings. The second kappa shape index (κ2) is 27.3. The third-order valence-corrected chi connectivity index (χ3v) is 9.89. The van der Waals surface area contributed by atoms with Crippen molar-refractivity contribution in [3.05, 3.63) is 121 Å². The molecule has 53 heavy (non-hydrogen) atoms. The van der Waals surface area contributed by atoms with Crippen molar-refractivity contribution in [2.24, 2.45) is 0 Å². The molecule has 0 aromatic heterocycles. The van der Waals surface area contributed by atoms with E-state index in [-0.39, 0.29) is 63.2 Å². The minimum absolute atomic E-state index is 0. The summed E-state index contributed by atoms with van der Waals surface area (Å²) in [5, 5.41) is 40.8. The average molecular weight is 813 g/mol. The Labute approximate surface area is 329 Å². The van der Waals surface area contributed by atoms with Crippen molar-refractivity contribution >= 4 is 35.9 Å². The van der Waals surface area contributed by atoms with E-state index in [0.717, 1.165) is 0 Å². The number of benzene rings is 3. The molecule has 1 N–H and O–H groups in total. The number of rotatable bonds is 16. The fourth-order valence-electron chi connectivity index (χ4n) is 3.35. The number of non-ortho nitro benzene ring substituents is 3. The summed E-state index contributed by atoms with van der Waals surface area (Å²) in [6.07, 6.45) is -3.40. The van der Waals surface area contributed by atoms with Crippen molar-refractivity contribution in [2.75, 3.05) is 0 Å². The maximum absolute atomic E-state index is 10.8. The van der Waals surface area contributed by atoms with Gasteiger partial charge in [-0.15, -0.1) is 0 Å². The monoisotopic (exact) mass is 812 g/mol. The molecule has 0 aliphatic rings.